The molecule has 0 radical (unpaired) electrons. The molecule has 0 amide bonds. The van der Waals surface area contributed by atoms with Crippen LogP contribution < -0.4 is 4.72 Å². The van der Waals surface area contributed by atoms with Crippen molar-refractivity contribution in [2.24, 2.45) is 7.05 Å². The van der Waals surface area contributed by atoms with Crippen LogP contribution in [0.2, 0.25) is 0 Å². The van der Waals surface area contributed by atoms with Crippen molar-refractivity contribution in [3.8, 4) is 0 Å². The van der Waals surface area contributed by atoms with Gasteiger partial charge in [0.25, 0.3) is 10.0 Å². The fraction of sp³-hybridized carbons (Fsp3) is 0.467. The summed E-state index contributed by atoms with van der Waals surface area (Å²) in [6, 6.07) is 3.62. The molecule has 8 heteroatoms. The summed E-state index contributed by atoms with van der Waals surface area (Å²) in [4.78, 5) is 17.1. The third-order valence-electron chi connectivity index (χ3n) is 3.35. The van der Waals surface area contributed by atoms with Gasteiger partial charge >= 0.3 is 0 Å². The Balaban J connectivity index is 2.01. The van der Waals surface area contributed by atoms with Gasteiger partial charge in [0, 0.05) is 30.6 Å². The Bertz CT molecular complexity index is 804. The van der Waals surface area contributed by atoms with E-state index in [9.17, 15) is 13.2 Å². The van der Waals surface area contributed by atoms with E-state index < -0.39 is 10.0 Å². The Morgan fingerprint density at radius 2 is 2.09 bits per heavy atom. The third-order valence-corrected chi connectivity index (χ3v) is 5.93. The van der Waals surface area contributed by atoms with Crippen molar-refractivity contribution < 1.29 is 13.2 Å². The van der Waals surface area contributed by atoms with E-state index in [0.29, 0.717) is 11.3 Å². The second kappa shape index (κ2) is 6.94. The van der Waals surface area contributed by atoms with Gasteiger partial charge < -0.3 is 4.57 Å². The highest BCUT2D eigenvalue weighted by atomic mass is 32.2. The zero-order valence-electron chi connectivity index (χ0n) is 13.7. The highest BCUT2D eigenvalue weighted by molar-refractivity contribution is 7.89. The molecule has 0 spiro atoms. The standard InChI is InChI=1S/C15H21N3O3S2/c1-10(2)15-17-14(9-18(15)4)23(20,21)16-8-7-12-5-6-13(22-12)11(3)19/h5-6,9-10,16H,7-8H2,1-4H3. The van der Waals surface area contributed by atoms with Gasteiger partial charge in [-0.2, -0.15) is 0 Å². The second-order valence-corrected chi connectivity index (χ2v) is 8.56. The third kappa shape index (κ3) is 4.27. The number of aryl methyl sites for hydroxylation is 1. The van der Waals surface area contributed by atoms with E-state index in [2.05, 4.69) is 9.71 Å². The van der Waals surface area contributed by atoms with Crippen LogP contribution in [-0.2, 0) is 23.5 Å². The Morgan fingerprint density at radius 3 is 2.61 bits per heavy atom. The molecular weight excluding hydrogens is 334 g/mol. The van der Waals surface area contributed by atoms with Gasteiger partial charge in [-0.05, 0) is 25.5 Å². The van der Waals surface area contributed by atoms with E-state index in [1.165, 1.54) is 24.5 Å². The van der Waals surface area contributed by atoms with Crippen LogP contribution in [0.5, 0.6) is 0 Å². The fourth-order valence-electron chi connectivity index (χ4n) is 2.20. The first-order valence-electron chi connectivity index (χ1n) is 7.33. The molecule has 0 saturated heterocycles. The minimum absolute atomic E-state index is 0.0246. The molecule has 2 heterocycles. The molecular formula is C15H21N3O3S2. The molecule has 2 aromatic heterocycles. The Morgan fingerprint density at radius 1 is 1.39 bits per heavy atom. The molecule has 0 atom stereocenters. The first-order chi connectivity index (χ1) is 10.7. The lowest BCUT2D eigenvalue weighted by Crippen LogP contribution is -2.26. The van der Waals surface area contributed by atoms with Crippen LogP contribution in [-0.4, -0.2) is 30.3 Å². The van der Waals surface area contributed by atoms with Crippen LogP contribution in [0.4, 0.5) is 0 Å². The lowest BCUT2D eigenvalue weighted by molar-refractivity contribution is 0.102. The highest BCUT2D eigenvalue weighted by Gasteiger charge is 2.20. The summed E-state index contributed by atoms with van der Waals surface area (Å²) in [5.74, 6) is 0.909. The fourth-order valence-corrected chi connectivity index (χ4v) is 4.13. The van der Waals surface area contributed by atoms with Gasteiger partial charge in [0.2, 0.25) is 0 Å². The number of aromatic nitrogens is 2. The number of thiophene rings is 1. The zero-order valence-corrected chi connectivity index (χ0v) is 15.3. The molecule has 0 bridgehead atoms. The first-order valence-corrected chi connectivity index (χ1v) is 9.63. The van der Waals surface area contributed by atoms with Gasteiger partial charge in [0.05, 0.1) is 4.88 Å². The number of rotatable bonds is 7. The van der Waals surface area contributed by atoms with Crippen molar-refractivity contribution >= 4 is 27.1 Å². The van der Waals surface area contributed by atoms with Gasteiger partial charge in [-0.3, -0.25) is 4.79 Å². The average Bonchev–Trinajstić information content (AvgIpc) is 3.05. The predicted molar refractivity (Wildman–Crippen MR) is 90.5 cm³/mol. The Labute approximate surface area is 140 Å². The van der Waals surface area contributed by atoms with Crippen LogP contribution in [0.15, 0.2) is 23.4 Å². The summed E-state index contributed by atoms with van der Waals surface area (Å²) in [6.45, 7) is 5.73. The number of hydrogen-bond acceptors (Lipinski definition) is 5. The normalized spacial score (nSPS) is 12.0. The van der Waals surface area contributed by atoms with Crippen molar-refractivity contribution in [2.45, 2.75) is 38.1 Å². The monoisotopic (exact) mass is 355 g/mol. The number of nitrogens with zero attached hydrogens (tertiary/aromatic N) is 2. The molecule has 6 nitrogen and oxygen atoms in total. The number of ketones is 1. The number of Topliss-reactive ketones (excluding diaryl/α,β-unsaturated/α-hetero) is 1. The molecule has 1 N–H and O–H groups in total. The maximum Gasteiger partial charge on any atom is 0.259 e. The number of carbonyl (C=O) groups is 1. The number of nitrogens with one attached hydrogen (secondary N) is 1. The minimum Gasteiger partial charge on any atom is -0.336 e. The van der Waals surface area contributed by atoms with E-state index in [1.54, 1.807) is 17.7 Å². The maximum atomic E-state index is 12.3. The van der Waals surface area contributed by atoms with E-state index in [0.717, 1.165) is 10.7 Å². The van der Waals surface area contributed by atoms with Crippen molar-refractivity contribution in [1.82, 2.24) is 14.3 Å². The minimum atomic E-state index is -3.62. The van der Waals surface area contributed by atoms with Gasteiger partial charge in [-0.15, -0.1) is 11.3 Å². The lowest BCUT2D eigenvalue weighted by Gasteiger charge is -2.03. The lowest BCUT2D eigenvalue weighted by atomic mass is 10.2. The molecule has 2 rings (SSSR count). The molecule has 0 aliphatic rings. The van der Waals surface area contributed by atoms with E-state index >= 15 is 0 Å². The Hall–Kier alpha value is -1.51. The maximum absolute atomic E-state index is 12.3. The summed E-state index contributed by atoms with van der Waals surface area (Å²) < 4.78 is 28.9. The molecule has 2 aromatic rings. The summed E-state index contributed by atoms with van der Waals surface area (Å²) >= 11 is 1.39. The quantitative estimate of drug-likeness (QED) is 0.773. The van der Waals surface area contributed by atoms with Crippen LogP contribution in [0.1, 0.15) is 47.1 Å². The van der Waals surface area contributed by atoms with Crippen molar-refractivity contribution in [3.63, 3.8) is 0 Å². The molecule has 0 aliphatic carbocycles. The van der Waals surface area contributed by atoms with Crippen molar-refractivity contribution in [2.75, 3.05) is 6.54 Å². The molecule has 0 aliphatic heterocycles. The smallest absolute Gasteiger partial charge is 0.259 e. The van der Waals surface area contributed by atoms with Crippen LogP contribution >= 0.6 is 11.3 Å². The van der Waals surface area contributed by atoms with Gasteiger partial charge in [-0.1, -0.05) is 13.8 Å². The largest absolute Gasteiger partial charge is 0.336 e. The van der Waals surface area contributed by atoms with Gasteiger partial charge in [0.15, 0.2) is 10.8 Å². The summed E-state index contributed by atoms with van der Waals surface area (Å²) in [7, 11) is -1.83. The molecule has 0 unspecified atom stereocenters. The molecule has 0 fully saturated rings. The Kier molecular flexibility index (Phi) is 5.38. The topological polar surface area (TPSA) is 81.1 Å². The molecule has 23 heavy (non-hydrogen) atoms. The van der Waals surface area contributed by atoms with Gasteiger partial charge in [-0.25, -0.2) is 18.1 Å². The van der Waals surface area contributed by atoms with E-state index in [4.69, 9.17) is 0 Å². The number of sulfonamides is 1. The first kappa shape index (κ1) is 17.8. The van der Waals surface area contributed by atoms with Crippen molar-refractivity contribution in [1.29, 1.82) is 0 Å². The van der Waals surface area contributed by atoms with Gasteiger partial charge in [0.1, 0.15) is 5.82 Å². The van der Waals surface area contributed by atoms with Crippen LogP contribution in [0.25, 0.3) is 0 Å². The van der Waals surface area contributed by atoms with Crippen LogP contribution in [0, 0.1) is 0 Å². The van der Waals surface area contributed by atoms with Crippen molar-refractivity contribution in [3.05, 3.63) is 33.9 Å². The highest BCUT2D eigenvalue weighted by Crippen LogP contribution is 2.18. The summed E-state index contributed by atoms with van der Waals surface area (Å²) in [5.41, 5.74) is 0. The SMILES string of the molecule is CC(=O)c1ccc(CCNS(=O)(=O)c2cn(C)c(C(C)C)n2)s1. The summed E-state index contributed by atoms with van der Waals surface area (Å²) in [6.07, 6.45) is 2.07. The second-order valence-electron chi connectivity index (χ2n) is 5.67. The molecule has 0 saturated carbocycles. The molecule has 126 valence electrons. The van der Waals surface area contributed by atoms with Crippen LogP contribution in [0.3, 0.4) is 0 Å². The zero-order chi connectivity index (χ0) is 17.2. The van der Waals surface area contributed by atoms with E-state index in [-0.39, 0.29) is 23.3 Å². The predicted octanol–water partition coefficient (Wildman–Crippen LogP) is 2.33. The number of carbonyl (C=O) groups excluding carboxylic acids is 1. The molecule has 0 aromatic carbocycles. The number of hydrogen-bond donors (Lipinski definition) is 1. The average molecular weight is 355 g/mol. The summed E-state index contributed by atoms with van der Waals surface area (Å²) in [5, 5.41) is 0.0410. The number of imidazole rings is 1. The van der Waals surface area contributed by atoms with E-state index in [1.807, 2.05) is 19.9 Å².